The van der Waals surface area contributed by atoms with E-state index < -0.39 is 0 Å². The lowest BCUT2D eigenvalue weighted by Gasteiger charge is -2.29. The van der Waals surface area contributed by atoms with Crippen LogP contribution in [0, 0.1) is 0 Å². The van der Waals surface area contributed by atoms with Crippen LogP contribution in [0.1, 0.15) is 13.8 Å². The summed E-state index contributed by atoms with van der Waals surface area (Å²) in [5, 5.41) is 3.83. The maximum absolute atomic E-state index is 12.3. The Morgan fingerprint density at radius 1 is 1.60 bits per heavy atom. The van der Waals surface area contributed by atoms with Crippen molar-refractivity contribution in [1.82, 2.24) is 9.27 Å². The third kappa shape index (κ3) is 3.31. The van der Waals surface area contributed by atoms with E-state index in [9.17, 15) is 4.79 Å². The van der Waals surface area contributed by atoms with Gasteiger partial charge in [-0.15, -0.1) is 0 Å². The minimum absolute atomic E-state index is 0.0442. The maximum Gasteiger partial charge on any atom is 0.244 e. The Morgan fingerprint density at radius 2 is 2.30 bits per heavy atom. The predicted octanol–water partition coefficient (Wildman–Crippen LogP) is 0.783. The first-order valence-electron chi connectivity index (χ1n) is 6.64. The van der Waals surface area contributed by atoms with E-state index in [1.165, 1.54) is 11.5 Å². The standard InChI is InChI=1S/C12H20N4O3S/c1-3-19-9-10(13)15-20-11(9)14-8(2)12(17)16-4-6-18-7-5-16/h8,14H,3-7H2,1-2H3,(H2,13,15). The fourth-order valence-corrected chi connectivity index (χ4v) is 2.73. The molecule has 112 valence electrons. The van der Waals surface area contributed by atoms with Crippen LogP contribution in [0.2, 0.25) is 0 Å². The predicted molar refractivity (Wildman–Crippen MR) is 78.2 cm³/mol. The molecule has 0 radical (unpaired) electrons. The minimum atomic E-state index is -0.354. The summed E-state index contributed by atoms with van der Waals surface area (Å²) in [7, 11) is 0. The summed E-state index contributed by atoms with van der Waals surface area (Å²) in [6.07, 6.45) is 0. The number of nitrogens with one attached hydrogen (secondary N) is 1. The summed E-state index contributed by atoms with van der Waals surface area (Å²) < 4.78 is 14.7. The highest BCUT2D eigenvalue weighted by molar-refractivity contribution is 7.11. The molecule has 1 aliphatic rings. The molecule has 0 saturated carbocycles. The number of ether oxygens (including phenoxy) is 2. The summed E-state index contributed by atoms with van der Waals surface area (Å²) in [5.74, 6) is 0.923. The molecule has 1 aliphatic heterocycles. The van der Waals surface area contributed by atoms with Gasteiger partial charge in [-0.3, -0.25) is 4.79 Å². The van der Waals surface area contributed by atoms with Crippen LogP contribution in [-0.4, -0.2) is 54.1 Å². The van der Waals surface area contributed by atoms with E-state index in [2.05, 4.69) is 9.69 Å². The van der Waals surface area contributed by atoms with Gasteiger partial charge in [-0.25, -0.2) is 0 Å². The Labute approximate surface area is 122 Å². The molecular weight excluding hydrogens is 280 g/mol. The van der Waals surface area contributed by atoms with Crippen molar-refractivity contribution < 1.29 is 14.3 Å². The number of carbonyl (C=O) groups is 1. The number of rotatable bonds is 5. The molecule has 0 bridgehead atoms. The highest BCUT2D eigenvalue weighted by atomic mass is 32.1. The molecule has 0 aliphatic carbocycles. The van der Waals surface area contributed by atoms with Crippen LogP contribution in [0.5, 0.6) is 5.75 Å². The number of carbonyl (C=O) groups excluding carboxylic acids is 1. The van der Waals surface area contributed by atoms with Crippen LogP contribution in [0.25, 0.3) is 0 Å². The Bertz CT molecular complexity index is 460. The zero-order valence-electron chi connectivity index (χ0n) is 11.7. The number of anilines is 2. The van der Waals surface area contributed by atoms with Gasteiger partial charge in [0.2, 0.25) is 5.91 Å². The second kappa shape index (κ2) is 6.76. The lowest BCUT2D eigenvalue weighted by molar-refractivity contribution is -0.135. The van der Waals surface area contributed by atoms with Crippen molar-refractivity contribution in [2.45, 2.75) is 19.9 Å². The van der Waals surface area contributed by atoms with Crippen LogP contribution in [0.4, 0.5) is 10.8 Å². The monoisotopic (exact) mass is 300 g/mol. The van der Waals surface area contributed by atoms with Crippen molar-refractivity contribution in [2.75, 3.05) is 44.0 Å². The zero-order valence-corrected chi connectivity index (χ0v) is 12.5. The first kappa shape index (κ1) is 14.9. The Balaban J connectivity index is 1.99. The fourth-order valence-electron chi connectivity index (χ4n) is 1.99. The lowest BCUT2D eigenvalue weighted by Crippen LogP contribution is -2.46. The Hall–Kier alpha value is -1.54. The summed E-state index contributed by atoms with van der Waals surface area (Å²) in [6.45, 7) is 6.66. The number of nitrogens with two attached hydrogens (primary N) is 1. The van der Waals surface area contributed by atoms with Gasteiger partial charge in [0, 0.05) is 13.1 Å². The SMILES string of the molecule is CCOc1c(N)nsc1NC(C)C(=O)N1CCOCC1. The first-order valence-corrected chi connectivity index (χ1v) is 7.41. The molecule has 1 aromatic heterocycles. The molecular formula is C12H20N4O3S. The van der Waals surface area contributed by atoms with Crippen LogP contribution >= 0.6 is 11.5 Å². The largest absolute Gasteiger partial charge is 0.487 e. The maximum atomic E-state index is 12.3. The van der Waals surface area contributed by atoms with E-state index in [1.54, 1.807) is 4.90 Å². The third-order valence-corrected chi connectivity index (χ3v) is 3.78. The molecule has 1 amide bonds. The number of aromatic nitrogens is 1. The summed E-state index contributed by atoms with van der Waals surface area (Å²) in [4.78, 5) is 14.1. The van der Waals surface area contributed by atoms with Crippen molar-refractivity contribution in [3.05, 3.63) is 0 Å². The minimum Gasteiger partial charge on any atom is -0.487 e. The van der Waals surface area contributed by atoms with E-state index in [1.807, 2.05) is 13.8 Å². The molecule has 3 N–H and O–H groups in total. The van der Waals surface area contributed by atoms with Gasteiger partial charge >= 0.3 is 0 Å². The van der Waals surface area contributed by atoms with Crippen LogP contribution in [-0.2, 0) is 9.53 Å². The van der Waals surface area contributed by atoms with Crippen molar-refractivity contribution in [3.63, 3.8) is 0 Å². The van der Waals surface area contributed by atoms with Gasteiger partial charge in [-0.05, 0) is 25.4 Å². The molecule has 8 heteroatoms. The smallest absolute Gasteiger partial charge is 0.244 e. The molecule has 0 aromatic carbocycles. The van der Waals surface area contributed by atoms with Crippen molar-refractivity contribution in [1.29, 1.82) is 0 Å². The van der Waals surface area contributed by atoms with Gasteiger partial charge < -0.3 is 25.4 Å². The Kier molecular flexibility index (Phi) is 5.02. The van der Waals surface area contributed by atoms with Crippen molar-refractivity contribution in [3.8, 4) is 5.75 Å². The van der Waals surface area contributed by atoms with Gasteiger partial charge in [0.1, 0.15) is 6.04 Å². The van der Waals surface area contributed by atoms with Gasteiger partial charge in [0.15, 0.2) is 16.6 Å². The number of hydrogen-bond acceptors (Lipinski definition) is 7. The Morgan fingerprint density at radius 3 is 2.95 bits per heavy atom. The molecule has 20 heavy (non-hydrogen) atoms. The fraction of sp³-hybridized carbons (Fsp3) is 0.667. The van der Waals surface area contributed by atoms with Gasteiger partial charge in [0.25, 0.3) is 0 Å². The van der Waals surface area contributed by atoms with Crippen molar-refractivity contribution >= 4 is 28.3 Å². The number of nitrogens with zero attached hydrogens (tertiary/aromatic N) is 2. The van der Waals surface area contributed by atoms with Crippen molar-refractivity contribution in [2.24, 2.45) is 0 Å². The molecule has 1 fully saturated rings. The van der Waals surface area contributed by atoms with Gasteiger partial charge in [-0.2, -0.15) is 4.37 Å². The molecule has 1 atom stereocenters. The summed E-state index contributed by atoms with van der Waals surface area (Å²) in [5.41, 5.74) is 5.74. The molecule has 1 unspecified atom stereocenters. The van der Waals surface area contributed by atoms with E-state index >= 15 is 0 Å². The molecule has 1 saturated heterocycles. The lowest BCUT2D eigenvalue weighted by atomic mass is 10.2. The number of amides is 1. The average Bonchev–Trinajstić information content (AvgIpc) is 2.81. The highest BCUT2D eigenvalue weighted by Gasteiger charge is 2.24. The first-order chi connectivity index (χ1) is 9.63. The molecule has 2 heterocycles. The number of hydrogen-bond donors (Lipinski definition) is 2. The average molecular weight is 300 g/mol. The molecule has 0 spiro atoms. The van der Waals surface area contributed by atoms with Crippen LogP contribution in [0.3, 0.4) is 0 Å². The van der Waals surface area contributed by atoms with Crippen LogP contribution < -0.4 is 15.8 Å². The summed E-state index contributed by atoms with van der Waals surface area (Å²) in [6, 6.07) is -0.354. The normalized spacial score (nSPS) is 16.8. The van der Waals surface area contributed by atoms with E-state index in [0.717, 1.165) is 0 Å². The third-order valence-electron chi connectivity index (χ3n) is 3.00. The second-order valence-corrected chi connectivity index (χ2v) is 5.24. The van der Waals surface area contributed by atoms with E-state index in [-0.39, 0.29) is 11.9 Å². The quantitative estimate of drug-likeness (QED) is 0.835. The number of morpholine rings is 1. The summed E-state index contributed by atoms with van der Waals surface area (Å²) >= 11 is 1.20. The number of nitrogen functional groups attached to an aromatic ring is 1. The topological polar surface area (TPSA) is 89.7 Å². The highest BCUT2D eigenvalue weighted by Crippen LogP contribution is 2.35. The van der Waals surface area contributed by atoms with E-state index in [0.29, 0.717) is 49.5 Å². The second-order valence-electron chi connectivity index (χ2n) is 4.46. The van der Waals surface area contributed by atoms with Gasteiger partial charge in [0.05, 0.1) is 19.8 Å². The molecule has 1 aromatic rings. The van der Waals surface area contributed by atoms with Crippen LogP contribution in [0.15, 0.2) is 0 Å². The molecule has 2 rings (SSSR count). The van der Waals surface area contributed by atoms with E-state index in [4.69, 9.17) is 15.2 Å². The molecule has 7 nitrogen and oxygen atoms in total. The van der Waals surface area contributed by atoms with Gasteiger partial charge in [-0.1, -0.05) is 0 Å². The zero-order chi connectivity index (χ0) is 14.5.